The van der Waals surface area contributed by atoms with Crippen molar-refractivity contribution in [2.24, 2.45) is 0 Å². The summed E-state index contributed by atoms with van der Waals surface area (Å²) in [6.45, 7) is 8.89. The third kappa shape index (κ3) is 14.5. The molecule has 2 aliphatic heterocycles. The molecular weight excluding hydrogens is 1140 g/mol. The van der Waals surface area contributed by atoms with Crippen LogP contribution in [0.4, 0.5) is 0 Å². The fourth-order valence-corrected chi connectivity index (χ4v) is 13.5. The minimum atomic E-state index is 0.700. The molecule has 8 aromatic carbocycles. The van der Waals surface area contributed by atoms with Crippen molar-refractivity contribution >= 4 is 78.7 Å². The van der Waals surface area contributed by atoms with E-state index >= 15 is 0 Å². The molecule has 7 nitrogen and oxygen atoms in total. The fraction of sp³-hybridized carbons (Fsp3) is 0.279. The molecule has 468 valence electrons. The molecule has 0 saturated heterocycles. The van der Waals surface area contributed by atoms with Crippen molar-refractivity contribution in [1.82, 2.24) is 19.9 Å². The molecule has 2 aliphatic rings. The van der Waals surface area contributed by atoms with Gasteiger partial charge in [-0.25, -0.2) is 9.97 Å². The lowest BCUT2D eigenvalue weighted by Crippen LogP contribution is -1.97. The zero-order valence-corrected chi connectivity index (χ0v) is 54.5. The van der Waals surface area contributed by atoms with Crippen molar-refractivity contribution in [3.8, 4) is 73.6 Å². The molecule has 0 aliphatic carbocycles. The van der Waals surface area contributed by atoms with Crippen LogP contribution in [-0.2, 0) is 0 Å². The predicted octanol–water partition coefficient (Wildman–Crippen LogP) is 23.8. The summed E-state index contributed by atoms with van der Waals surface area (Å²) in [7, 11) is 0. The zero-order chi connectivity index (χ0) is 63.1. The monoisotopic (exact) mass is 1220 g/mol. The summed E-state index contributed by atoms with van der Waals surface area (Å²) in [6.07, 6.45) is 30.6. The van der Waals surface area contributed by atoms with Gasteiger partial charge in [-0.05, 0) is 177 Å². The molecule has 0 unspecified atom stereocenters. The standard InChI is InChI=1S/C86H86N4O3/c1-4-7-10-13-16-19-57-91-69-42-35-66(36-43-69)84-75-51-49-73(87-75)83(65-29-26-60(27-30-65)25-28-61-31-32-64-34-33-62-23-22-24-63-41-48-72(61)82(64)81(62)63)74-50-52-76(88-74)85(67-37-44-70(45-38-67)92-58-20-17-14-11-8-5-2)78-54-56-80(90-78)86(79-55-53-77(84)89-79)68-39-46-71(47-40-68)93-59-21-18-15-12-9-6-3/h22-24,26-27,29-56,87,90H,4-21,57-59H2,1-3H3. The smallest absolute Gasteiger partial charge is 0.119 e. The lowest BCUT2D eigenvalue weighted by atomic mass is 9.92. The highest BCUT2D eigenvalue weighted by Gasteiger charge is 2.20. The molecule has 3 aromatic heterocycles. The van der Waals surface area contributed by atoms with Gasteiger partial charge in [-0.3, -0.25) is 0 Å². The topological polar surface area (TPSA) is 85.1 Å². The molecule has 7 heteroatoms. The van der Waals surface area contributed by atoms with Gasteiger partial charge in [0.2, 0.25) is 0 Å². The summed E-state index contributed by atoms with van der Waals surface area (Å²) in [5.74, 6) is 9.74. The molecule has 0 spiro atoms. The van der Waals surface area contributed by atoms with Crippen LogP contribution in [-0.4, -0.2) is 39.8 Å². The lowest BCUT2D eigenvalue weighted by Gasteiger charge is -2.11. The van der Waals surface area contributed by atoms with Gasteiger partial charge in [-0.1, -0.05) is 226 Å². The van der Waals surface area contributed by atoms with Gasteiger partial charge in [0.05, 0.1) is 42.6 Å². The van der Waals surface area contributed by atoms with E-state index in [-0.39, 0.29) is 0 Å². The van der Waals surface area contributed by atoms with Crippen LogP contribution in [0.25, 0.3) is 123 Å². The highest BCUT2D eigenvalue weighted by Crippen LogP contribution is 2.41. The van der Waals surface area contributed by atoms with Gasteiger partial charge < -0.3 is 24.2 Å². The molecule has 0 saturated carbocycles. The summed E-state index contributed by atoms with van der Waals surface area (Å²) >= 11 is 0. The number of hydrogen-bond acceptors (Lipinski definition) is 5. The quantitative estimate of drug-likeness (QED) is 0.0290. The number of nitrogens with zero attached hydrogens (tertiary/aromatic N) is 2. The van der Waals surface area contributed by atoms with Crippen molar-refractivity contribution in [2.45, 2.75) is 136 Å². The van der Waals surface area contributed by atoms with E-state index in [1.807, 2.05) is 0 Å². The molecule has 13 rings (SSSR count). The van der Waals surface area contributed by atoms with Crippen molar-refractivity contribution in [3.05, 3.63) is 210 Å². The van der Waals surface area contributed by atoms with E-state index in [0.29, 0.717) is 19.8 Å². The summed E-state index contributed by atoms with van der Waals surface area (Å²) in [5, 5.41) is 7.46. The van der Waals surface area contributed by atoms with Crippen molar-refractivity contribution in [1.29, 1.82) is 0 Å². The van der Waals surface area contributed by atoms with E-state index in [1.54, 1.807) is 0 Å². The van der Waals surface area contributed by atoms with Crippen LogP contribution in [0.5, 0.6) is 17.2 Å². The van der Waals surface area contributed by atoms with Crippen LogP contribution in [0.2, 0.25) is 0 Å². The second-order valence-corrected chi connectivity index (χ2v) is 25.2. The second-order valence-electron chi connectivity index (χ2n) is 25.2. The molecule has 0 radical (unpaired) electrons. The number of benzene rings is 8. The zero-order valence-electron chi connectivity index (χ0n) is 54.5. The van der Waals surface area contributed by atoms with Gasteiger partial charge >= 0.3 is 0 Å². The second kappa shape index (κ2) is 30.2. The van der Waals surface area contributed by atoms with Crippen LogP contribution < -0.4 is 14.2 Å². The largest absolute Gasteiger partial charge is 0.494 e. The highest BCUT2D eigenvalue weighted by atomic mass is 16.5. The predicted molar refractivity (Wildman–Crippen MR) is 393 cm³/mol. The first-order valence-electron chi connectivity index (χ1n) is 34.6. The van der Waals surface area contributed by atoms with Crippen molar-refractivity contribution < 1.29 is 14.2 Å². The average Bonchev–Trinajstić information content (AvgIpc) is 1.63. The molecule has 0 amide bonds. The van der Waals surface area contributed by atoms with Crippen LogP contribution >= 0.6 is 0 Å². The highest BCUT2D eigenvalue weighted by molar-refractivity contribution is 6.24. The van der Waals surface area contributed by atoms with Gasteiger partial charge in [0.25, 0.3) is 0 Å². The minimum absolute atomic E-state index is 0.700. The number of hydrogen-bond donors (Lipinski definition) is 2. The number of unbranched alkanes of at least 4 members (excludes halogenated alkanes) is 15. The average molecular weight is 1220 g/mol. The maximum atomic E-state index is 6.36. The lowest BCUT2D eigenvalue weighted by molar-refractivity contribution is 0.304. The summed E-state index contributed by atoms with van der Waals surface area (Å²) < 4.78 is 19.1. The van der Waals surface area contributed by atoms with E-state index < -0.39 is 0 Å². The SMILES string of the molecule is CCCCCCCCOc1ccc(-c2c3nc(c(-c4ccc(OCCCCCCCC)cc4)c4ccc([nH]4)c(-c4ccc(OCCCCCCCC)cc4)c4nc(c(-c5ccc(C#Cc6ccc7ccc8cccc9ccc6c7c89)cc5)c5ccc2[nH]5)C=C4)C=C3)cc1. The Hall–Kier alpha value is -9.64. The van der Waals surface area contributed by atoms with Crippen LogP contribution in [0.1, 0.15) is 170 Å². The molecule has 11 aromatic rings. The van der Waals surface area contributed by atoms with Crippen molar-refractivity contribution in [2.75, 3.05) is 19.8 Å². The molecule has 0 atom stereocenters. The maximum Gasteiger partial charge on any atom is 0.119 e. The van der Waals surface area contributed by atoms with Gasteiger partial charge in [0.15, 0.2) is 0 Å². The Morgan fingerprint density at radius 3 is 1.03 bits per heavy atom. The fourth-order valence-electron chi connectivity index (χ4n) is 13.5. The number of aromatic nitrogens is 4. The molecular formula is C86H86N4O3. The summed E-state index contributed by atoms with van der Waals surface area (Å²) in [6, 6.07) is 62.9. The number of aromatic amines is 2. The Labute approximate surface area is 549 Å². The van der Waals surface area contributed by atoms with Crippen LogP contribution in [0.15, 0.2) is 176 Å². The maximum absolute atomic E-state index is 6.36. The number of fused-ring (bicyclic) bond motifs is 8. The van der Waals surface area contributed by atoms with Crippen LogP contribution in [0, 0.1) is 11.8 Å². The van der Waals surface area contributed by atoms with Gasteiger partial charge in [0, 0.05) is 55.4 Å². The molecule has 8 bridgehead atoms. The van der Waals surface area contributed by atoms with Gasteiger partial charge in [0.1, 0.15) is 17.2 Å². The first kappa shape index (κ1) is 62.2. The van der Waals surface area contributed by atoms with E-state index in [2.05, 4.69) is 243 Å². The molecule has 93 heavy (non-hydrogen) atoms. The summed E-state index contributed by atoms with van der Waals surface area (Å²) in [4.78, 5) is 19.2. The number of rotatable bonds is 28. The Kier molecular flexibility index (Phi) is 20.2. The van der Waals surface area contributed by atoms with E-state index in [0.717, 1.165) is 137 Å². The molecule has 5 heterocycles. The number of nitrogens with one attached hydrogen (secondary N) is 2. The number of ether oxygens (including phenoxy) is 3. The Balaban J connectivity index is 0.937. The molecule has 2 N–H and O–H groups in total. The Morgan fingerprint density at radius 2 is 0.645 bits per heavy atom. The number of H-pyrrole nitrogens is 2. The van der Waals surface area contributed by atoms with Gasteiger partial charge in [-0.15, -0.1) is 0 Å². The minimum Gasteiger partial charge on any atom is -0.494 e. The summed E-state index contributed by atoms with van der Waals surface area (Å²) in [5.41, 5.74) is 17.1. The van der Waals surface area contributed by atoms with Gasteiger partial charge in [-0.2, -0.15) is 0 Å². The normalized spacial score (nSPS) is 11.9. The first-order chi connectivity index (χ1) is 46.0. The van der Waals surface area contributed by atoms with Crippen molar-refractivity contribution in [3.63, 3.8) is 0 Å². The van der Waals surface area contributed by atoms with E-state index in [9.17, 15) is 0 Å². The van der Waals surface area contributed by atoms with Crippen LogP contribution in [0.3, 0.4) is 0 Å². The Bertz CT molecular complexity index is 4580. The third-order valence-electron chi connectivity index (χ3n) is 18.5. The Morgan fingerprint density at radius 1 is 0.312 bits per heavy atom. The third-order valence-corrected chi connectivity index (χ3v) is 18.5. The van der Waals surface area contributed by atoms with E-state index in [4.69, 9.17) is 24.2 Å². The first-order valence-corrected chi connectivity index (χ1v) is 34.6. The molecule has 0 fully saturated rings. The van der Waals surface area contributed by atoms with E-state index in [1.165, 1.54) is 129 Å².